The number of hydrogen-bond donors (Lipinski definition) is 4. The molecule has 0 heterocycles. The first-order valence-electron chi connectivity index (χ1n) is 5.44. The van der Waals surface area contributed by atoms with Crippen LogP contribution < -0.4 is 11.5 Å². The monoisotopic (exact) mass is 252 g/mol. The first kappa shape index (κ1) is 14.1. The molecule has 0 spiro atoms. The predicted molar refractivity (Wildman–Crippen MR) is 65.1 cm³/mol. The maximum Gasteiger partial charge on any atom is 0.320 e. The third kappa shape index (κ3) is 4.15. The number of rotatable bonds is 6. The molecule has 98 valence electrons. The van der Waals surface area contributed by atoms with Gasteiger partial charge in [0, 0.05) is 0 Å². The van der Waals surface area contributed by atoms with Gasteiger partial charge in [-0.1, -0.05) is 24.3 Å². The maximum atomic E-state index is 10.6. The molecule has 1 rings (SSSR count). The molecule has 0 fully saturated rings. The highest BCUT2D eigenvalue weighted by Gasteiger charge is 2.14. The van der Waals surface area contributed by atoms with Gasteiger partial charge in [0.15, 0.2) is 0 Å². The summed E-state index contributed by atoms with van der Waals surface area (Å²) in [6.07, 6.45) is 0.400. The van der Waals surface area contributed by atoms with Gasteiger partial charge in [-0.25, -0.2) is 0 Å². The lowest BCUT2D eigenvalue weighted by Gasteiger charge is -2.10. The van der Waals surface area contributed by atoms with Crippen molar-refractivity contribution in [1.29, 1.82) is 0 Å². The SMILES string of the molecule is NC(Cc1cccc(CC(N)C(=O)O)c1)C(=O)O. The normalized spacial score (nSPS) is 13.9. The molecule has 6 nitrogen and oxygen atoms in total. The molecule has 0 saturated carbocycles. The second-order valence-electron chi connectivity index (χ2n) is 4.12. The molecule has 1 aromatic carbocycles. The molecular formula is C12H16N2O4. The van der Waals surface area contributed by atoms with E-state index in [0.717, 1.165) is 11.1 Å². The largest absolute Gasteiger partial charge is 0.480 e. The van der Waals surface area contributed by atoms with Crippen molar-refractivity contribution >= 4 is 11.9 Å². The average Bonchev–Trinajstić information content (AvgIpc) is 2.29. The van der Waals surface area contributed by atoms with Gasteiger partial charge in [0.1, 0.15) is 12.1 Å². The summed E-state index contributed by atoms with van der Waals surface area (Å²) in [7, 11) is 0. The van der Waals surface area contributed by atoms with E-state index >= 15 is 0 Å². The van der Waals surface area contributed by atoms with Crippen molar-refractivity contribution in [1.82, 2.24) is 0 Å². The van der Waals surface area contributed by atoms with E-state index in [-0.39, 0.29) is 12.8 Å². The third-order valence-corrected chi connectivity index (χ3v) is 2.54. The highest BCUT2D eigenvalue weighted by atomic mass is 16.4. The smallest absolute Gasteiger partial charge is 0.320 e. The maximum absolute atomic E-state index is 10.6. The molecule has 0 bridgehead atoms. The van der Waals surface area contributed by atoms with Gasteiger partial charge in [0.05, 0.1) is 0 Å². The highest BCUT2D eigenvalue weighted by Crippen LogP contribution is 2.09. The zero-order chi connectivity index (χ0) is 13.7. The molecule has 0 saturated heterocycles. The van der Waals surface area contributed by atoms with Crippen molar-refractivity contribution in [3.8, 4) is 0 Å². The Bertz CT molecular complexity index is 410. The number of carboxylic acid groups (broad SMARTS) is 2. The summed E-state index contributed by atoms with van der Waals surface area (Å²) < 4.78 is 0. The topological polar surface area (TPSA) is 127 Å². The van der Waals surface area contributed by atoms with Gasteiger partial charge in [-0.05, 0) is 24.0 Å². The van der Waals surface area contributed by atoms with Crippen LogP contribution in [-0.2, 0) is 22.4 Å². The van der Waals surface area contributed by atoms with E-state index < -0.39 is 24.0 Å². The molecule has 0 amide bonds. The zero-order valence-corrected chi connectivity index (χ0v) is 9.74. The molecular weight excluding hydrogens is 236 g/mol. The lowest BCUT2D eigenvalue weighted by molar-refractivity contribution is -0.139. The molecule has 0 aliphatic heterocycles. The van der Waals surface area contributed by atoms with Crippen LogP contribution in [0.2, 0.25) is 0 Å². The van der Waals surface area contributed by atoms with Crippen molar-refractivity contribution in [3.63, 3.8) is 0 Å². The summed E-state index contributed by atoms with van der Waals surface area (Å²) in [4.78, 5) is 21.3. The molecule has 0 aliphatic carbocycles. The summed E-state index contributed by atoms with van der Waals surface area (Å²) in [5, 5.41) is 17.4. The lowest BCUT2D eigenvalue weighted by atomic mass is 10.0. The average molecular weight is 252 g/mol. The van der Waals surface area contributed by atoms with Crippen LogP contribution in [0, 0.1) is 0 Å². The number of benzene rings is 1. The molecule has 0 aliphatic rings. The van der Waals surface area contributed by atoms with Gasteiger partial charge >= 0.3 is 11.9 Å². The first-order chi connectivity index (χ1) is 8.40. The number of aliphatic carboxylic acids is 2. The number of nitrogens with two attached hydrogens (primary N) is 2. The zero-order valence-electron chi connectivity index (χ0n) is 9.74. The Kier molecular flexibility index (Phi) is 4.82. The minimum Gasteiger partial charge on any atom is -0.480 e. The van der Waals surface area contributed by atoms with Gasteiger partial charge in [0.25, 0.3) is 0 Å². The Morgan fingerprint density at radius 1 is 1.00 bits per heavy atom. The van der Waals surface area contributed by atoms with Crippen molar-refractivity contribution in [3.05, 3.63) is 35.4 Å². The van der Waals surface area contributed by atoms with Crippen LogP contribution in [0.25, 0.3) is 0 Å². The quantitative estimate of drug-likeness (QED) is 0.545. The van der Waals surface area contributed by atoms with Gasteiger partial charge in [-0.15, -0.1) is 0 Å². The van der Waals surface area contributed by atoms with Crippen molar-refractivity contribution < 1.29 is 19.8 Å². The van der Waals surface area contributed by atoms with Gasteiger partial charge < -0.3 is 21.7 Å². The molecule has 6 heteroatoms. The summed E-state index contributed by atoms with van der Waals surface area (Å²) in [6.45, 7) is 0. The van der Waals surface area contributed by atoms with E-state index in [0.29, 0.717) is 0 Å². The van der Waals surface area contributed by atoms with Gasteiger partial charge in [-0.2, -0.15) is 0 Å². The Labute approximate surface area is 104 Å². The Hall–Kier alpha value is -1.92. The first-order valence-corrected chi connectivity index (χ1v) is 5.44. The molecule has 2 unspecified atom stereocenters. The molecule has 18 heavy (non-hydrogen) atoms. The van der Waals surface area contributed by atoms with Gasteiger partial charge in [-0.3, -0.25) is 9.59 Å². The van der Waals surface area contributed by atoms with Crippen LogP contribution in [0.15, 0.2) is 24.3 Å². The minimum atomic E-state index is -1.07. The Morgan fingerprint density at radius 3 is 1.72 bits per heavy atom. The van der Waals surface area contributed by atoms with Crippen LogP contribution in [0.3, 0.4) is 0 Å². The van der Waals surface area contributed by atoms with Crippen LogP contribution in [-0.4, -0.2) is 34.2 Å². The van der Waals surface area contributed by atoms with E-state index in [2.05, 4.69) is 0 Å². The fraction of sp³-hybridized carbons (Fsp3) is 0.333. The van der Waals surface area contributed by atoms with Crippen molar-refractivity contribution in [2.45, 2.75) is 24.9 Å². The van der Waals surface area contributed by atoms with Crippen LogP contribution in [0.1, 0.15) is 11.1 Å². The van der Waals surface area contributed by atoms with Crippen LogP contribution in [0.5, 0.6) is 0 Å². The molecule has 6 N–H and O–H groups in total. The second-order valence-corrected chi connectivity index (χ2v) is 4.12. The Morgan fingerprint density at radius 2 is 1.39 bits per heavy atom. The summed E-state index contributed by atoms with van der Waals surface area (Å²) in [5.41, 5.74) is 12.4. The minimum absolute atomic E-state index is 0.200. The van der Waals surface area contributed by atoms with Crippen LogP contribution >= 0.6 is 0 Å². The van der Waals surface area contributed by atoms with E-state index in [1.54, 1.807) is 24.3 Å². The fourth-order valence-electron chi connectivity index (χ4n) is 1.57. The van der Waals surface area contributed by atoms with Crippen molar-refractivity contribution in [2.24, 2.45) is 11.5 Å². The van der Waals surface area contributed by atoms with E-state index in [9.17, 15) is 9.59 Å². The fourth-order valence-corrected chi connectivity index (χ4v) is 1.57. The van der Waals surface area contributed by atoms with Gasteiger partial charge in [0.2, 0.25) is 0 Å². The summed E-state index contributed by atoms with van der Waals surface area (Å²) >= 11 is 0. The number of carbonyl (C=O) groups is 2. The molecule has 0 radical (unpaired) electrons. The molecule has 2 atom stereocenters. The lowest BCUT2D eigenvalue weighted by Crippen LogP contribution is -2.33. The van der Waals surface area contributed by atoms with Crippen molar-refractivity contribution in [2.75, 3.05) is 0 Å². The van der Waals surface area contributed by atoms with Crippen LogP contribution in [0.4, 0.5) is 0 Å². The number of carboxylic acids is 2. The number of hydrogen-bond acceptors (Lipinski definition) is 4. The molecule has 0 aromatic heterocycles. The standard InChI is InChI=1S/C12H16N2O4/c13-9(11(15)16)5-7-2-1-3-8(4-7)6-10(14)12(17)18/h1-4,9-10H,5-6,13-14H2,(H,15,16)(H,17,18). The predicted octanol–water partition coefficient (Wildman–Crippen LogP) is -0.405. The summed E-state index contributed by atoms with van der Waals surface area (Å²) in [6, 6.07) is 5.03. The highest BCUT2D eigenvalue weighted by molar-refractivity contribution is 5.74. The van der Waals surface area contributed by atoms with E-state index in [1.807, 2.05) is 0 Å². The molecule has 1 aromatic rings. The third-order valence-electron chi connectivity index (χ3n) is 2.54. The van der Waals surface area contributed by atoms with E-state index in [4.69, 9.17) is 21.7 Å². The second kappa shape index (κ2) is 6.13. The summed E-state index contributed by atoms with van der Waals surface area (Å²) in [5.74, 6) is -2.13. The van der Waals surface area contributed by atoms with E-state index in [1.165, 1.54) is 0 Å². The Balaban J connectivity index is 2.73.